The zero-order valence-corrected chi connectivity index (χ0v) is 15.7. The van der Waals surface area contributed by atoms with Crippen LogP contribution in [-0.4, -0.2) is 37.1 Å². The fraction of sp³-hybridized carbons (Fsp3) is 0.409. The van der Waals surface area contributed by atoms with Crippen LogP contribution >= 0.6 is 0 Å². The lowest BCUT2D eigenvalue weighted by atomic mass is 9.99. The number of rotatable bonds is 4. The molecule has 4 rings (SSSR count). The summed E-state index contributed by atoms with van der Waals surface area (Å²) in [4.78, 5) is 15.2. The van der Waals surface area contributed by atoms with Gasteiger partial charge in [-0.1, -0.05) is 25.1 Å². The molecule has 2 aromatic carbocycles. The molecule has 1 fully saturated rings. The summed E-state index contributed by atoms with van der Waals surface area (Å²) < 4.78 is 11.2. The molecule has 5 heteroatoms. The van der Waals surface area contributed by atoms with Gasteiger partial charge in [0, 0.05) is 12.2 Å². The number of likely N-dealkylation sites (tertiary alicyclic amines) is 1. The van der Waals surface area contributed by atoms with Crippen molar-refractivity contribution in [2.24, 2.45) is 5.92 Å². The molecule has 0 spiro atoms. The summed E-state index contributed by atoms with van der Waals surface area (Å²) >= 11 is 0. The molecule has 2 aliphatic rings. The first-order valence-corrected chi connectivity index (χ1v) is 9.70. The van der Waals surface area contributed by atoms with Gasteiger partial charge in [0.25, 0.3) is 5.91 Å². The van der Waals surface area contributed by atoms with Gasteiger partial charge in [0.2, 0.25) is 0 Å². The number of para-hydroxylation sites is 1. The van der Waals surface area contributed by atoms with Crippen LogP contribution < -0.4 is 14.8 Å². The van der Waals surface area contributed by atoms with E-state index < -0.39 is 0 Å². The maximum absolute atomic E-state index is 12.7. The third kappa shape index (κ3) is 4.25. The third-order valence-electron chi connectivity index (χ3n) is 5.31. The zero-order chi connectivity index (χ0) is 18.6. The van der Waals surface area contributed by atoms with Gasteiger partial charge in [-0.15, -0.1) is 0 Å². The predicted octanol–water partition coefficient (Wildman–Crippen LogP) is 3.94. The number of ether oxygens (including phenoxy) is 2. The quantitative estimate of drug-likeness (QED) is 0.890. The lowest BCUT2D eigenvalue weighted by molar-refractivity contribution is 0.101. The van der Waals surface area contributed by atoms with Gasteiger partial charge in [-0.3, -0.25) is 9.69 Å². The van der Waals surface area contributed by atoms with E-state index in [9.17, 15) is 4.79 Å². The maximum Gasteiger partial charge on any atom is 0.259 e. The largest absolute Gasteiger partial charge is 0.486 e. The van der Waals surface area contributed by atoms with Crippen molar-refractivity contribution in [2.75, 3.05) is 31.6 Å². The Hall–Kier alpha value is -2.53. The summed E-state index contributed by atoms with van der Waals surface area (Å²) in [6.07, 6.45) is 2.56. The first-order chi connectivity index (χ1) is 13.2. The van der Waals surface area contributed by atoms with Crippen LogP contribution in [0.2, 0.25) is 0 Å². The number of nitrogens with zero attached hydrogens (tertiary/aromatic N) is 1. The van der Waals surface area contributed by atoms with Crippen LogP contribution in [0.1, 0.15) is 35.7 Å². The van der Waals surface area contributed by atoms with E-state index >= 15 is 0 Å². The lowest BCUT2D eigenvalue weighted by Crippen LogP contribution is -2.32. The highest BCUT2D eigenvalue weighted by Gasteiger charge is 2.20. The van der Waals surface area contributed by atoms with Crippen molar-refractivity contribution < 1.29 is 14.3 Å². The smallest absolute Gasteiger partial charge is 0.259 e. The summed E-state index contributed by atoms with van der Waals surface area (Å²) in [5.74, 6) is 1.81. The molecule has 142 valence electrons. The molecule has 2 aromatic rings. The lowest BCUT2D eigenvalue weighted by Gasteiger charge is -2.30. The standard InChI is InChI=1S/C22H26N2O3/c1-16-9-11-24(12-10-16)15-17-5-7-18(8-6-17)23-22(25)19-3-2-4-20-21(19)27-14-13-26-20/h2-8,16H,9-15H2,1H3,(H,23,25). The molecule has 1 amide bonds. The number of amides is 1. The number of carbonyl (C=O) groups is 1. The van der Waals surface area contributed by atoms with E-state index in [1.165, 1.54) is 31.5 Å². The summed E-state index contributed by atoms with van der Waals surface area (Å²) in [7, 11) is 0. The fourth-order valence-electron chi connectivity index (χ4n) is 3.62. The third-order valence-corrected chi connectivity index (χ3v) is 5.31. The molecular weight excluding hydrogens is 340 g/mol. The number of hydrogen-bond donors (Lipinski definition) is 1. The Balaban J connectivity index is 1.39. The molecule has 0 aliphatic carbocycles. The molecule has 2 aliphatic heterocycles. The van der Waals surface area contributed by atoms with Gasteiger partial charge in [0.15, 0.2) is 11.5 Å². The van der Waals surface area contributed by atoms with Crippen LogP contribution in [0.3, 0.4) is 0 Å². The van der Waals surface area contributed by atoms with Crippen LogP contribution in [0.25, 0.3) is 0 Å². The molecule has 2 heterocycles. The second kappa shape index (κ2) is 8.01. The average Bonchev–Trinajstić information content (AvgIpc) is 2.71. The van der Waals surface area contributed by atoms with Gasteiger partial charge >= 0.3 is 0 Å². The number of hydrogen-bond acceptors (Lipinski definition) is 4. The molecular formula is C22H26N2O3. The summed E-state index contributed by atoms with van der Waals surface area (Å²) in [6.45, 7) is 6.60. The normalized spacial score (nSPS) is 17.5. The molecule has 0 aromatic heterocycles. The zero-order valence-electron chi connectivity index (χ0n) is 15.7. The molecule has 0 unspecified atom stereocenters. The SMILES string of the molecule is CC1CCN(Cc2ccc(NC(=O)c3cccc4c3OCCO4)cc2)CC1. The fourth-order valence-corrected chi connectivity index (χ4v) is 3.62. The minimum atomic E-state index is -0.185. The molecule has 27 heavy (non-hydrogen) atoms. The van der Waals surface area contributed by atoms with Crippen molar-refractivity contribution in [3.63, 3.8) is 0 Å². The first kappa shape index (κ1) is 17.9. The topological polar surface area (TPSA) is 50.8 Å². The Morgan fingerprint density at radius 3 is 2.59 bits per heavy atom. The molecule has 0 bridgehead atoms. The van der Waals surface area contributed by atoms with E-state index in [0.29, 0.717) is 30.3 Å². The highest BCUT2D eigenvalue weighted by molar-refractivity contribution is 6.06. The Morgan fingerprint density at radius 1 is 1.07 bits per heavy atom. The van der Waals surface area contributed by atoms with Gasteiger partial charge in [-0.05, 0) is 61.7 Å². The van der Waals surface area contributed by atoms with Crippen molar-refractivity contribution >= 4 is 11.6 Å². The molecule has 0 atom stereocenters. The second-order valence-corrected chi connectivity index (χ2v) is 7.44. The molecule has 0 radical (unpaired) electrons. The molecule has 5 nitrogen and oxygen atoms in total. The van der Waals surface area contributed by atoms with Gasteiger partial charge in [0.05, 0.1) is 5.56 Å². The maximum atomic E-state index is 12.7. The summed E-state index contributed by atoms with van der Waals surface area (Å²) in [5.41, 5.74) is 2.56. The van der Waals surface area contributed by atoms with Crippen molar-refractivity contribution in [1.82, 2.24) is 4.90 Å². The van der Waals surface area contributed by atoms with E-state index in [4.69, 9.17) is 9.47 Å². The van der Waals surface area contributed by atoms with E-state index in [-0.39, 0.29) is 5.91 Å². The molecule has 1 saturated heterocycles. The van der Waals surface area contributed by atoms with Gasteiger partial charge in [-0.25, -0.2) is 0 Å². The Morgan fingerprint density at radius 2 is 1.81 bits per heavy atom. The van der Waals surface area contributed by atoms with Crippen molar-refractivity contribution in [3.8, 4) is 11.5 Å². The molecule has 0 saturated carbocycles. The first-order valence-electron chi connectivity index (χ1n) is 9.70. The van der Waals surface area contributed by atoms with Crippen molar-refractivity contribution in [1.29, 1.82) is 0 Å². The van der Waals surface area contributed by atoms with Crippen LogP contribution in [0, 0.1) is 5.92 Å². The number of piperidine rings is 1. The van der Waals surface area contributed by atoms with E-state index in [1.807, 2.05) is 24.3 Å². The highest BCUT2D eigenvalue weighted by atomic mass is 16.6. The van der Waals surface area contributed by atoms with Crippen LogP contribution in [0.4, 0.5) is 5.69 Å². The van der Waals surface area contributed by atoms with Crippen molar-refractivity contribution in [3.05, 3.63) is 53.6 Å². The molecule has 1 N–H and O–H groups in total. The van der Waals surface area contributed by atoms with Gasteiger partial charge in [-0.2, -0.15) is 0 Å². The predicted molar refractivity (Wildman–Crippen MR) is 106 cm³/mol. The monoisotopic (exact) mass is 366 g/mol. The second-order valence-electron chi connectivity index (χ2n) is 7.44. The van der Waals surface area contributed by atoms with Crippen LogP contribution in [0.15, 0.2) is 42.5 Å². The number of anilines is 1. The van der Waals surface area contributed by atoms with Gasteiger partial charge < -0.3 is 14.8 Å². The van der Waals surface area contributed by atoms with E-state index in [1.54, 1.807) is 6.07 Å². The summed E-state index contributed by atoms with van der Waals surface area (Å²) in [5, 5.41) is 2.96. The van der Waals surface area contributed by atoms with E-state index in [2.05, 4.69) is 29.3 Å². The minimum absolute atomic E-state index is 0.185. The minimum Gasteiger partial charge on any atom is -0.486 e. The number of carbonyl (C=O) groups excluding carboxylic acids is 1. The number of benzene rings is 2. The van der Waals surface area contributed by atoms with Crippen LogP contribution in [0.5, 0.6) is 11.5 Å². The van der Waals surface area contributed by atoms with Crippen molar-refractivity contribution in [2.45, 2.75) is 26.3 Å². The highest BCUT2D eigenvalue weighted by Crippen LogP contribution is 2.34. The Bertz CT molecular complexity index is 796. The number of nitrogens with one attached hydrogen (secondary N) is 1. The van der Waals surface area contributed by atoms with Gasteiger partial charge in [0.1, 0.15) is 13.2 Å². The average molecular weight is 366 g/mol. The van der Waals surface area contributed by atoms with E-state index in [0.717, 1.165) is 18.2 Å². The summed E-state index contributed by atoms with van der Waals surface area (Å²) in [6, 6.07) is 13.5. The Kier molecular flexibility index (Phi) is 5.30. The number of fused-ring (bicyclic) bond motifs is 1. The van der Waals surface area contributed by atoms with Crippen LogP contribution in [-0.2, 0) is 6.54 Å². The Labute approximate surface area is 160 Å².